The highest BCUT2D eigenvalue weighted by Gasteiger charge is 2.41. The van der Waals surface area contributed by atoms with Crippen molar-refractivity contribution in [1.29, 1.82) is 0 Å². The van der Waals surface area contributed by atoms with Crippen molar-refractivity contribution in [2.45, 2.75) is 24.8 Å². The lowest BCUT2D eigenvalue weighted by Crippen LogP contribution is -2.56. The summed E-state index contributed by atoms with van der Waals surface area (Å²) in [5.41, 5.74) is 3.41. The SMILES string of the molecule is COC(=O)c1cccc(NC(=S)NC[C@H]2C[C@@H]3CCN2C[C@H]3c2cc(-c3ccco3)nn2C)c1. The van der Waals surface area contributed by atoms with Crippen LogP contribution in [-0.2, 0) is 11.8 Å². The summed E-state index contributed by atoms with van der Waals surface area (Å²) in [5, 5.41) is 11.8. The molecule has 9 heteroatoms. The van der Waals surface area contributed by atoms with Crippen molar-refractivity contribution in [2.24, 2.45) is 13.0 Å². The number of ether oxygens (including phenoxy) is 1. The largest absolute Gasteiger partial charge is 0.465 e. The minimum atomic E-state index is -0.368. The van der Waals surface area contributed by atoms with Gasteiger partial charge in [-0.2, -0.15) is 5.10 Å². The van der Waals surface area contributed by atoms with Crippen LogP contribution in [0.15, 0.2) is 53.1 Å². The molecule has 2 aromatic heterocycles. The van der Waals surface area contributed by atoms with Gasteiger partial charge in [0, 0.05) is 43.5 Å². The molecule has 1 unspecified atom stereocenters. The molecule has 5 heterocycles. The quantitative estimate of drug-likeness (QED) is 0.410. The zero-order chi connectivity index (χ0) is 23.7. The Morgan fingerprint density at radius 3 is 2.91 bits per heavy atom. The molecule has 4 atom stereocenters. The molecular weight excluding hydrogens is 450 g/mol. The van der Waals surface area contributed by atoms with Crippen molar-refractivity contribution in [3.8, 4) is 11.5 Å². The molecule has 0 saturated carbocycles. The number of thiocarbonyl (C=S) groups is 1. The lowest BCUT2D eigenvalue weighted by atomic mass is 9.74. The summed E-state index contributed by atoms with van der Waals surface area (Å²) >= 11 is 5.51. The molecule has 2 N–H and O–H groups in total. The van der Waals surface area contributed by atoms with E-state index in [1.54, 1.807) is 24.5 Å². The predicted octanol–water partition coefficient (Wildman–Crippen LogP) is 3.63. The fourth-order valence-electron chi connectivity index (χ4n) is 5.29. The molecule has 34 heavy (non-hydrogen) atoms. The molecule has 8 nitrogen and oxygen atoms in total. The molecule has 3 aliphatic heterocycles. The van der Waals surface area contributed by atoms with E-state index in [4.69, 9.17) is 26.5 Å². The minimum Gasteiger partial charge on any atom is -0.465 e. The number of furan rings is 1. The number of nitrogens with zero attached hydrogens (tertiary/aromatic N) is 3. The van der Waals surface area contributed by atoms with Crippen LogP contribution in [-0.4, -0.2) is 58.5 Å². The Morgan fingerprint density at radius 2 is 2.18 bits per heavy atom. The summed E-state index contributed by atoms with van der Waals surface area (Å²) in [5.74, 6) is 1.53. The number of carbonyl (C=O) groups excluding carboxylic acids is 1. The lowest BCUT2D eigenvalue weighted by Gasteiger charge is -2.50. The second-order valence-electron chi connectivity index (χ2n) is 9.00. The first-order valence-electron chi connectivity index (χ1n) is 11.6. The number of rotatable bonds is 6. The molecular formula is C25H29N5O3S. The van der Waals surface area contributed by atoms with Crippen LogP contribution in [0.5, 0.6) is 0 Å². The van der Waals surface area contributed by atoms with E-state index in [1.807, 2.05) is 29.9 Å². The van der Waals surface area contributed by atoms with Crippen LogP contribution in [0, 0.1) is 5.92 Å². The monoisotopic (exact) mass is 479 g/mol. The number of nitrogens with one attached hydrogen (secondary N) is 2. The summed E-state index contributed by atoms with van der Waals surface area (Å²) in [6, 6.07) is 13.6. The number of esters is 1. The van der Waals surface area contributed by atoms with Gasteiger partial charge in [-0.05, 0) is 73.9 Å². The number of piperidine rings is 3. The van der Waals surface area contributed by atoms with Gasteiger partial charge in [0.25, 0.3) is 0 Å². The van der Waals surface area contributed by atoms with Crippen LogP contribution >= 0.6 is 12.2 Å². The Hall–Kier alpha value is -3.17. The smallest absolute Gasteiger partial charge is 0.337 e. The van der Waals surface area contributed by atoms with Gasteiger partial charge in [0.05, 0.1) is 18.9 Å². The van der Waals surface area contributed by atoms with E-state index in [-0.39, 0.29) is 5.97 Å². The van der Waals surface area contributed by atoms with E-state index in [1.165, 1.54) is 19.2 Å². The van der Waals surface area contributed by atoms with Gasteiger partial charge in [0.2, 0.25) is 0 Å². The van der Waals surface area contributed by atoms with Gasteiger partial charge >= 0.3 is 5.97 Å². The highest BCUT2D eigenvalue weighted by Crippen LogP contribution is 2.42. The fraction of sp³-hybridized carbons (Fsp3) is 0.400. The molecule has 0 radical (unpaired) electrons. The van der Waals surface area contributed by atoms with Crippen LogP contribution in [0.4, 0.5) is 5.69 Å². The topological polar surface area (TPSA) is 84.6 Å². The summed E-state index contributed by atoms with van der Waals surface area (Å²) < 4.78 is 12.3. The summed E-state index contributed by atoms with van der Waals surface area (Å²) in [6.45, 7) is 2.92. The average molecular weight is 480 g/mol. The Bertz CT molecular complexity index is 1180. The van der Waals surface area contributed by atoms with Crippen LogP contribution < -0.4 is 10.6 Å². The van der Waals surface area contributed by atoms with Gasteiger partial charge in [0.15, 0.2) is 10.9 Å². The van der Waals surface area contributed by atoms with Gasteiger partial charge in [-0.25, -0.2) is 4.79 Å². The number of carbonyl (C=O) groups is 1. The molecule has 178 valence electrons. The molecule has 0 spiro atoms. The summed E-state index contributed by atoms with van der Waals surface area (Å²) in [4.78, 5) is 14.3. The second-order valence-corrected chi connectivity index (χ2v) is 9.41. The third kappa shape index (κ3) is 4.58. The normalized spacial score (nSPS) is 23.5. The van der Waals surface area contributed by atoms with Gasteiger partial charge in [-0.15, -0.1) is 0 Å². The lowest BCUT2D eigenvalue weighted by molar-refractivity contribution is 0.0303. The van der Waals surface area contributed by atoms with Crippen LogP contribution in [0.25, 0.3) is 11.5 Å². The molecule has 6 rings (SSSR count). The molecule has 1 aromatic carbocycles. The maximum Gasteiger partial charge on any atom is 0.337 e. The average Bonchev–Trinajstić information content (AvgIpc) is 3.52. The fourth-order valence-corrected chi connectivity index (χ4v) is 5.49. The van der Waals surface area contributed by atoms with Gasteiger partial charge in [-0.1, -0.05) is 6.07 Å². The van der Waals surface area contributed by atoms with Gasteiger partial charge < -0.3 is 19.8 Å². The van der Waals surface area contributed by atoms with Crippen LogP contribution in [0.3, 0.4) is 0 Å². The van der Waals surface area contributed by atoms with E-state index in [0.717, 1.165) is 43.2 Å². The number of aryl methyl sites for hydroxylation is 1. The Balaban J connectivity index is 1.18. The zero-order valence-electron chi connectivity index (χ0n) is 19.4. The highest BCUT2D eigenvalue weighted by atomic mass is 32.1. The first kappa shape index (κ1) is 22.6. The first-order valence-corrected chi connectivity index (χ1v) is 12.0. The van der Waals surface area contributed by atoms with Crippen molar-refractivity contribution in [2.75, 3.05) is 32.1 Å². The molecule has 0 amide bonds. The number of fused-ring (bicyclic) bond motifs is 3. The predicted molar refractivity (Wildman–Crippen MR) is 134 cm³/mol. The number of benzene rings is 1. The second kappa shape index (κ2) is 9.60. The zero-order valence-corrected chi connectivity index (χ0v) is 20.2. The van der Waals surface area contributed by atoms with Crippen LogP contribution in [0.2, 0.25) is 0 Å². The van der Waals surface area contributed by atoms with Crippen molar-refractivity contribution < 1.29 is 13.9 Å². The van der Waals surface area contributed by atoms with E-state index in [0.29, 0.717) is 28.6 Å². The standard InChI is InChI=1S/C25H29N5O3S/c1-29-22(13-21(28-29)23-7-4-10-33-23)20-15-30-9-8-16(20)12-19(30)14-26-25(34)27-18-6-3-5-17(11-18)24(31)32-2/h3-7,10-11,13,16,19-20H,8-9,12,14-15H2,1-2H3,(H2,26,27,34)/t16-,19+,20+/m0/s1. The maximum absolute atomic E-state index is 11.8. The number of hydrogen-bond acceptors (Lipinski definition) is 6. The molecule has 2 bridgehead atoms. The van der Waals surface area contributed by atoms with E-state index >= 15 is 0 Å². The van der Waals surface area contributed by atoms with Crippen LogP contribution in [0.1, 0.15) is 34.8 Å². The van der Waals surface area contributed by atoms with Crippen molar-refractivity contribution >= 4 is 29.0 Å². The summed E-state index contributed by atoms with van der Waals surface area (Å²) in [7, 11) is 3.40. The molecule has 3 saturated heterocycles. The number of aromatic nitrogens is 2. The molecule has 3 aliphatic rings. The van der Waals surface area contributed by atoms with Gasteiger partial charge in [0.1, 0.15) is 5.69 Å². The molecule has 3 aromatic rings. The first-order chi connectivity index (χ1) is 16.5. The Kier molecular flexibility index (Phi) is 6.38. The van der Waals surface area contributed by atoms with Gasteiger partial charge in [-0.3, -0.25) is 9.58 Å². The molecule has 0 aliphatic carbocycles. The number of hydrogen-bond donors (Lipinski definition) is 2. The molecule has 3 fully saturated rings. The third-order valence-corrected chi connectivity index (χ3v) is 7.23. The highest BCUT2D eigenvalue weighted by molar-refractivity contribution is 7.80. The Labute approximate surface area is 204 Å². The minimum absolute atomic E-state index is 0.368. The third-order valence-electron chi connectivity index (χ3n) is 6.99. The number of anilines is 1. The number of methoxy groups -OCH3 is 1. The van der Waals surface area contributed by atoms with E-state index in [2.05, 4.69) is 21.6 Å². The van der Waals surface area contributed by atoms with Crippen molar-refractivity contribution in [3.63, 3.8) is 0 Å². The van der Waals surface area contributed by atoms with E-state index in [9.17, 15) is 4.79 Å². The maximum atomic E-state index is 11.8. The van der Waals surface area contributed by atoms with Crippen molar-refractivity contribution in [3.05, 3.63) is 60.0 Å². The summed E-state index contributed by atoms with van der Waals surface area (Å²) in [6.07, 6.45) is 4.01. The Morgan fingerprint density at radius 1 is 1.29 bits per heavy atom. The van der Waals surface area contributed by atoms with E-state index < -0.39 is 0 Å². The van der Waals surface area contributed by atoms with Crippen molar-refractivity contribution in [1.82, 2.24) is 20.0 Å².